The van der Waals surface area contributed by atoms with Crippen LogP contribution in [0.15, 0.2) is 108 Å². The normalized spacial score (nSPS) is 14.0. The Hall–Kier alpha value is -4.54. The van der Waals surface area contributed by atoms with Gasteiger partial charge in [0.05, 0.1) is 12.0 Å². The number of ether oxygens (including phenoxy) is 1. The highest BCUT2D eigenvalue weighted by molar-refractivity contribution is 7.89. The van der Waals surface area contributed by atoms with Crippen LogP contribution in [0, 0.1) is 5.82 Å². The van der Waals surface area contributed by atoms with Gasteiger partial charge in [-0.15, -0.1) is 0 Å². The van der Waals surface area contributed by atoms with E-state index in [1.807, 2.05) is 54.6 Å². The first-order chi connectivity index (χ1) is 23.2. The third-order valence-corrected chi connectivity index (χ3v) is 10.6. The molecule has 0 aromatic heterocycles. The topological polar surface area (TPSA) is 96.0 Å². The lowest BCUT2D eigenvalue weighted by atomic mass is 10.0. The lowest BCUT2D eigenvalue weighted by Crippen LogP contribution is -2.50. The summed E-state index contributed by atoms with van der Waals surface area (Å²) in [6, 6.07) is 29.0. The van der Waals surface area contributed by atoms with Crippen LogP contribution in [0.25, 0.3) is 0 Å². The predicted molar refractivity (Wildman–Crippen MR) is 183 cm³/mol. The number of aryl methyl sites for hydroxylation is 1. The fraction of sp³-hybridized carbons (Fsp3) is 0.316. The van der Waals surface area contributed by atoms with Gasteiger partial charge in [-0.2, -0.15) is 4.31 Å². The van der Waals surface area contributed by atoms with Gasteiger partial charge in [0.25, 0.3) is 0 Å². The van der Waals surface area contributed by atoms with Crippen LogP contribution >= 0.6 is 0 Å². The van der Waals surface area contributed by atoms with Crippen LogP contribution in [-0.2, 0) is 45.4 Å². The minimum atomic E-state index is -3.54. The third kappa shape index (κ3) is 9.29. The van der Waals surface area contributed by atoms with Crippen molar-refractivity contribution in [1.29, 1.82) is 0 Å². The molecule has 4 aromatic carbocycles. The van der Waals surface area contributed by atoms with E-state index in [2.05, 4.69) is 5.32 Å². The molecule has 1 aliphatic rings. The van der Waals surface area contributed by atoms with Crippen LogP contribution < -0.4 is 10.1 Å². The molecule has 2 amide bonds. The van der Waals surface area contributed by atoms with E-state index in [1.165, 1.54) is 16.4 Å². The molecular weight excluding hydrogens is 629 g/mol. The molecule has 5 rings (SSSR count). The highest BCUT2D eigenvalue weighted by Crippen LogP contribution is 2.22. The van der Waals surface area contributed by atoms with Crippen molar-refractivity contribution < 1.29 is 27.1 Å². The highest BCUT2D eigenvalue weighted by Gasteiger charge is 2.31. The van der Waals surface area contributed by atoms with E-state index in [0.717, 1.165) is 35.3 Å². The van der Waals surface area contributed by atoms with Crippen molar-refractivity contribution >= 4 is 21.8 Å². The molecule has 1 saturated heterocycles. The number of hydrogen-bond acceptors (Lipinski definition) is 5. The molecule has 48 heavy (non-hydrogen) atoms. The summed E-state index contributed by atoms with van der Waals surface area (Å²) in [4.78, 5) is 29.8. The van der Waals surface area contributed by atoms with E-state index in [-0.39, 0.29) is 35.5 Å². The maximum Gasteiger partial charge on any atom is 0.243 e. The van der Waals surface area contributed by atoms with Crippen LogP contribution in [-0.4, -0.2) is 62.2 Å². The Morgan fingerprint density at radius 3 is 2.06 bits per heavy atom. The van der Waals surface area contributed by atoms with E-state index in [9.17, 15) is 22.4 Å². The fourth-order valence-corrected chi connectivity index (χ4v) is 7.40. The van der Waals surface area contributed by atoms with Gasteiger partial charge in [0.15, 0.2) is 0 Å². The number of amides is 2. The summed E-state index contributed by atoms with van der Waals surface area (Å²) >= 11 is 0. The van der Waals surface area contributed by atoms with Gasteiger partial charge in [0, 0.05) is 39.0 Å². The number of halogens is 1. The molecule has 252 valence electrons. The molecule has 0 aliphatic carbocycles. The Labute approximate surface area is 282 Å². The molecule has 10 heteroatoms. The first-order valence-electron chi connectivity index (χ1n) is 16.3. The van der Waals surface area contributed by atoms with Crippen LogP contribution in [0.1, 0.15) is 41.5 Å². The third-order valence-electron chi connectivity index (χ3n) is 8.66. The Kier molecular flexibility index (Phi) is 12.0. The number of carbonyl (C=O) groups excluding carboxylic acids is 2. The van der Waals surface area contributed by atoms with E-state index in [1.54, 1.807) is 48.4 Å². The molecule has 1 aliphatic heterocycles. The van der Waals surface area contributed by atoms with Crippen molar-refractivity contribution in [1.82, 2.24) is 14.5 Å². The van der Waals surface area contributed by atoms with Gasteiger partial charge in [-0.3, -0.25) is 9.59 Å². The quantitative estimate of drug-likeness (QED) is 0.179. The van der Waals surface area contributed by atoms with E-state index < -0.39 is 16.1 Å². The summed E-state index contributed by atoms with van der Waals surface area (Å²) in [6.45, 7) is 1.56. The van der Waals surface area contributed by atoms with Crippen molar-refractivity contribution in [2.45, 2.75) is 56.0 Å². The second-order valence-electron chi connectivity index (χ2n) is 12.0. The number of nitrogens with zero attached hydrogens (tertiary/aromatic N) is 2. The molecule has 1 heterocycles. The van der Waals surface area contributed by atoms with Crippen LogP contribution in [0.2, 0.25) is 0 Å². The van der Waals surface area contributed by atoms with E-state index in [0.29, 0.717) is 44.5 Å². The average molecular weight is 672 g/mol. The summed E-state index contributed by atoms with van der Waals surface area (Å²) in [6.07, 6.45) is 3.08. The maximum absolute atomic E-state index is 14.0. The average Bonchev–Trinajstić information content (AvgIpc) is 3.67. The van der Waals surface area contributed by atoms with Gasteiger partial charge in [0.2, 0.25) is 21.8 Å². The zero-order valence-corrected chi connectivity index (χ0v) is 28.0. The van der Waals surface area contributed by atoms with Gasteiger partial charge in [-0.25, -0.2) is 12.8 Å². The Morgan fingerprint density at radius 1 is 0.812 bits per heavy atom. The van der Waals surface area contributed by atoms with Crippen LogP contribution in [0.3, 0.4) is 0 Å². The van der Waals surface area contributed by atoms with Gasteiger partial charge < -0.3 is 15.0 Å². The minimum absolute atomic E-state index is 0.101. The number of nitrogens with one attached hydrogen (secondary N) is 1. The zero-order chi connectivity index (χ0) is 33.9. The van der Waals surface area contributed by atoms with Gasteiger partial charge in [-0.05, 0) is 84.3 Å². The van der Waals surface area contributed by atoms with Crippen molar-refractivity contribution in [3.8, 4) is 5.75 Å². The van der Waals surface area contributed by atoms with Crippen molar-refractivity contribution in [2.75, 3.05) is 26.7 Å². The Bertz CT molecular complexity index is 1740. The molecule has 4 aromatic rings. The largest absolute Gasteiger partial charge is 0.497 e. The number of benzene rings is 4. The van der Waals surface area contributed by atoms with Crippen LogP contribution in [0.4, 0.5) is 4.39 Å². The van der Waals surface area contributed by atoms with E-state index >= 15 is 0 Å². The van der Waals surface area contributed by atoms with Crippen molar-refractivity contribution in [3.05, 3.63) is 131 Å². The number of hydrogen-bond donors (Lipinski definition) is 1. The fourth-order valence-electron chi connectivity index (χ4n) is 5.88. The van der Waals surface area contributed by atoms with Gasteiger partial charge in [-0.1, -0.05) is 66.7 Å². The molecule has 0 bridgehead atoms. The lowest BCUT2D eigenvalue weighted by molar-refractivity contribution is -0.141. The summed E-state index contributed by atoms with van der Waals surface area (Å²) < 4.78 is 46.5. The van der Waals surface area contributed by atoms with Gasteiger partial charge >= 0.3 is 0 Å². The summed E-state index contributed by atoms with van der Waals surface area (Å²) in [5.74, 6) is -0.147. The number of sulfonamides is 1. The summed E-state index contributed by atoms with van der Waals surface area (Å²) in [5, 5.41) is 3.04. The first-order valence-corrected chi connectivity index (χ1v) is 17.7. The van der Waals surface area contributed by atoms with Crippen molar-refractivity contribution in [2.24, 2.45) is 0 Å². The standard InChI is InChI=1S/C38H42FN3O5S/c1-47-34-18-11-30(12-19-34)23-24-40-38(44)36(27-31-7-3-2-4-8-31)42(28-32-9-16-33(39)17-10-32)37(43)22-15-29-13-20-35(21-14-29)48(45,46)41-25-5-6-26-41/h2-4,7-14,16-21,36H,5-6,15,22-28H2,1H3,(H,40,44)/t36-/m0/s1. The monoisotopic (exact) mass is 671 g/mol. The Balaban J connectivity index is 1.33. The number of rotatable bonds is 15. The minimum Gasteiger partial charge on any atom is -0.497 e. The Morgan fingerprint density at radius 2 is 1.42 bits per heavy atom. The molecule has 1 atom stereocenters. The predicted octanol–water partition coefficient (Wildman–Crippen LogP) is 5.55. The summed E-state index contributed by atoms with van der Waals surface area (Å²) in [5.41, 5.74) is 3.45. The van der Waals surface area contributed by atoms with Gasteiger partial charge in [0.1, 0.15) is 17.6 Å². The van der Waals surface area contributed by atoms with Crippen molar-refractivity contribution in [3.63, 3.8) is 0 Å². The second-order valence-corrected chi connectivity index (χ2v) is 13.9. The molecule has 0 unspecified atom stereocenters. The SMILES string of the molecule is COc1ccc(CCNC(=O)[C@H](Cc2ccccc2)N(Cc2ccc(F)cc2)C(=O)CCc2ccc(S(=O)(=O)N3CCCC3)cc2)cc1. The molecule has 8 nitrogen and oxygen atoms in total. The molecule has 0 saturated carbocycles. The maximum atomic E-state index is 14.0. The smallest absolute Gasteiger partial charge is 0.243 e. The summed E-state index contributed by atoms with van der Waals surface area (Å²) in [7, 11) is -1.92. The molecule has 1 N–H and O–H groups in total. The number of methoxy groups -OCH3 is 1. The zero-order valence-electron chi connectivity index (χ0n) is 27.2. The number of carbonyl (C=O) groups is 2. The lowest BCUT2D eigenvalue weighted by Gasteiger charge is -2.32. The molecule has 0 radical (unpaired) electrons. The highest BCUT2D eigenvalue weighted by atomic mass is 32.2. The molecular formula is C38H42FN3O5S. The molecule has 1 fully saturated rings. The first kappa shape index (κ1) is 34.8. The molecule has 0 spiro atoms. The van der Waals surface area contributed by atoms with E-state index in [4.69, 9.17) is 4.74 Å². The second kappa shape index (κ2) is 16.5. The van der Waals surface area contributed by atoms with Crippen LogP contribution in [0.5, 0.6) is 5.75 Å².